The zero-order valence-corrected chi connectivity index (χ0v) is 10.1. The van der Waals surface area contributed by atoms with Gasteiger partial charge in [0, 0.05) is 29.3 Å². The first-order chi connectivity index (χ1) is 8.36. The number of aldehydes is 1. The molecular formula is C13H12N2OS. The van der Waals surface area contributed by atoms with Gasteiger partial charge in [0.15, 0.2) is 6.29 Å². The second kappa shape index (κ2) is 4.37. The van der Waals surface area contributed by atoms with E-state index in [9.17, 15) is 4.79 Å². The van der Waals surface area contributed by atoms with E-state index in [1.54, 1.807) is 12.4 Å². The van der Waals surface area contributed by atoms with Gasteiger partial charge in [-0.1, -0.05) is 18.2 Å². The predicted molar refractivity (Wildman–Crippen MR) is 67.5 cm³/mol. The summed E-state index contributed by atoms with van der Waals surface area (Å²) >= 11 is 1.90. The molecule has 1 aromatic heterocycles. The summed E-state index contributed by atoms with van der Waals surface area (Å²) in [5.41, 5.74) is 2.05. The normalized spacial score (nSPS) is 18.0. The Morgan fingerprint density at radius 2 is 2.35 bits per heavy atom. The molecule has 0 fully saturated rings. The minimum atomic E-state index is 0.496. The Labute approximate surface area is 104 Å². The summed E-state index contributed by atoms with van der Waals surface area (Å²) in [5.74, 6) is 1.59. The molecular weight excluding hydrogens is 232 g/mol. The van der Waals surface area contributed by atoms with Crippen LogP contribution in [-0.2, 0) is 6.54 Å². The molecule has 1 aliphatic heterocycles. The fourth-order valence-electron chi connectivity index (χ4n) is 2.15. The standard InChI is InChI=1S/C13H12N2OS/c16-8-10-5-14-15(6-10)7-11-9-17-13-4-2-1-3-12(11)13/h1-6,8,11H,7,9H2. The third-order valence-corrected chi connectivity index (χ3v) is 4.25. The van der Waals surface area contributed by atoms with E-state index in [0.717, 1.165) is 18.6 Å². The van der Waals surface area contributed by atoms with Crippen LogP contribution in [-0.4, -0.2) is 21.8 Å². The van der Waals surface area contributed by atoms with E-state index in [-0.39, 0.29) is 0 Å². The van der Waals surface area contributed by atoms with Crippen LogP contribution in [0, 0.1) is 0 Å². The van der Waals surface area contributed by atoms with Crippen LogP contribution >= 0.6 is 11.8 Å². The van der Waals surface area contributed by atoms with Crippen molar-refractivity contribution in [2.45, 2.75) is 17.4 Å². The van der Waals surface area contributed by atoms with Crippen molar-refractivity contribution in [1.82, 2.24) is 9.78 Å². The molecule has 86 valence electrons. The van der Waals surface area contributed by atoms with Gasteiger partial charge in [0.05, 0.1) is 11.8 Å². The van der Waals surface area contributed by atoms with Crippen LogP contribution in [0.3, 0.4) is 0 Å². The van der Waals surface area contributed by atoms with Gasteiger partial charge in [0.1, 0.15) is 0 Å². The fourth-order valence-corrected chi connectivity index (χ4v) is 3.39. The molecule has 4 heteroatoms. The molecule has 1 aliphatic rings. The second-order valence-corrected chi connectivity index (χ2v) is 5.22. The largest absolute Gasteiger partial charge is 0.298 e. The van der Waals surface area contributed by atoms with Gasteiger partial charge >= 0.3 is 0 Å². The topological polar surface area (TPSA) is 34.9 Å². The van der Waals surface area contributed by atoms with Crippen LogP contribution in [0.5, 0.6) is 0 Å². The fraction of sp³-hybridized carbons (Fsp3) is 0.231. The first-order valence-electron chi connectivity index (χ1n) is 5.56. The maximum Gasteiger partial charge on any atom is 0.153 e. The number of thioether (sulfide) groups is 1. The molecule has 0 radical (unpaired) electrons. The van der Waals surface area contributed by atoms with Gasteiger partial charge in [-0.05, 0) is 11.6 Å². The number of benzene rings is 1. The Hall–Kier alpha value is -1.55. The SMILES string of the molecule is O=Cc1cnn(CC2CSc3ccccc32)c1. The summed E-state index contributed by atoms with van der Waals surface area (Å²) in [6.45, 7) is 0.845. The van der Waals surface area contributed by atoms with Crippen molar-refractivity contribution in [3.8, 4) is 0 Å². The zero-order chi connectivity index (χ0) is 11.7. The van der Waals surface area contributed by atoms with E-state index < -0.39 is 0 Å². The molecule has 0 N–H and O–H groups in total. The number of hydrogen-bond donors (Lipinski definition) is 0. The number of nitrogens with zero attached hydrogens (tertiary/aromatic N) is 2. The number of rotatable bonds is 3. The number of hydrogen-bond acceptors (Lipinski definition) is 3. The van der Waals surface area contributed by atoms with E-state index in [0.29, 0.717) is 11.5 Å². The van der Waals surface area contributed by atoms with Gasteiger partial charge in [0.25, 0.3) is 0 Å². The molecule has 3 rings (SSSR count). The van der Waals surface area contributed by atoms with E-state index in [4.69, 9.17) is 0 Å². The molecule has 3 nitrogen and oxygen atoms in total. The molecule has 1 unspecified atom stereocenters. The molecule has 0 spiro atoms. The number of fused-ring (bicyclic) bond motifs is 1. The minimum Gasteiger partial charge on any atom is -0.298 e. The molecule has 0 amide bonds. The van der Waals surface area contributed by atoms with Crippen molar-refractivity contribution in [3.63, 3.8) is 0 Å². The molecule has 2 aromatic rings. The van der Waals surface area contributed by atoms with Gasteiger partial charge in [-0.15, -0.1) is 11.8 Å². The van der Waals surface area contributed by atoms with Crippen molar-refractivity contribution >= 4 is 18.0 Å². The lowest BCUT2D eigenvalue weighted by atomic mass is 10.0. The smallest absolute Gasteiger partial charge is 0.153 e. The van der Waals surface area contributed by atoms with Gasteiger partial charge < -0.3 is 0 Å². The van der Waals surface area contributed by atoms with Gasteiger partial charge in [-0.25, -0.2) is 0 Å². The maximum absolute atomic E-state index is 10.6. The highest BCUT2D eigenvalue weighted by Crippen LogP contribution is 2.39. The highest BCUT2D eigenvalue weighted by atomic mass is 32.2. The Balaban J connectivity index is 1.81. The van der Waals surface area contributed by atoms with Crippen LogP contribution in [0.2, 0.25) is 0 Å². The molecule has 1 atom stereocenters. The number of aromatic nitrogens is 2. The van der Waals surface area contributed by atoms with Crippen LogP contribution in [0.1, 0.15) is 21.8 Å². The summed E-state index contributed by atoms with van der Waals surface area (Å²) in [7, 11) is 0. The van der Waals surface area contributed by atoms with Crippen molar-refractivity contribution < 1.29 is 4.79 Å². The molecule has 0 bridgehead atoms. The molecule has 0 saturated carbocycles. The van der Waals surface area contributed by atoms with E-state index >= 15 is 0 Å². The Morgan fingerprint density at radius 1 is 1.47 bits per heavy atom. The van der Waals surface area contributed by atoms with Crippen LogP contribution in [0.4, 0.5) is 0 Å². The molecule has 0 aliphatic carbocycles. The summed E-state index contributed by atoms with van der Waals surface area (Å²) in [5, 5.41) is 4.20. The molecule has 17 heavy (non-hydrogen) atoms. The summed E-state index contributed by atoms with van der Waals surface area (Å²) in [4.78, 5) is 12.0. The lowest BCUT2D eigenvalue weighted by Crippen LogP contribution is -2.09. The van der Waals surface area contributed by atoms with Crippen molar-refractivity contribution in [2.75, 3.05) is 5.75 Å². The zero-order valence-electron chi connectivity index (χ0n) is 9.24. The lowest BCUT2D eigenvalue weighted by molar-refractivity contribution is 0.112. The monoisotopic (exact) mass is 244 g/mol. The number of carbonyl (C=O) groups is 1. The van der Waals surface area contributed by atoms with Crippen molar-refractivity contribution in [2.24, 2.45) is 0 Å². The van der Waals surface area contributed by atoms with Gasteiger partial charge in [0.2, 0.25) is 0 Å². The Morgan fingerprint density at radius 3 is 3.18 bits per heavy atom. The van der Waals surface area contributed by atoms with Gasteiger partial charge in [-0.3, -0.25) is 9.48 Å². The molecule has 2 heterocycles. The second-order valence-electron chi connectivity index (χ2n) is 4.16. The minimum absolute atomic E-state index is 0.496. The lowest BCUT2D eigenvalue weighted by Gasteiger charge is -2.10. The average Bonchev–Trinajstić information content (AvgIpc) is 2.97. The Bertz CT molecular complexity index is 550. The highest BCUT2D eigenvalue weighted by molar-refractivity contribution is 7.99. The summed E-state index contributed by atoms with van der Waals surface area (Å²) < 4.78 is 1.86. The quantitative estimate of drug-likeness (QED) is 0.778. The van der Waals surface area contributed by atoms with Crippen LogP contribution in [0.25, 0.3) is 0 Å². The van der Waals surface area contributed by atoms with Gasteiger partial charge in [-0.2, -0.15) is 5.10 Å². The molecule has 1 aromatic carbocycles. The first kappa shape index (κ1) is 10.6. The van der Waals surface area contributed by atoms with E-state index in [1.807, 2.05) is 16.4 Å². The van der Waals surface area contributed by atoms with E-state index in [2.05, 4.69) is 29.4 Å². The third kappa shape index (κ3) is 2.00. The predicted octanol–water partition coefficient (Wildman–Crippen LogP) is 2.59. The van der Waals surface area contributed by atoms with Crippen molar-refractivity contribution in [1.29, 1.82) is 0 Å². The van der Waals surface area contributed by atoms with Crippen molar-refractivity contribution in [3.05, 3.63) is 47.8 Å². The van der Waals surface area contributed by atoms with E-state index in [1.165, 1.54) is 10.5 Å². The summed E-state index contributed by atoms with van der Waals surface area (Å²) in [6.07, 6.45) is 4.25. The van der Waals surface area contributed by atoms with Crippen LogP contribution in [0.15, 0.2) is 41.6 Å². The average molecular weight is 244 g/mol. The first-order valence-corrected chi connectivity index (χ1v) is 6.55. The molecule has 0 saturated heterocycles. The number of carbonyl (C=O) groups excluding carboxylic acids is 1. The highest BCUT2D eigenvalue weighted by Gasteiger charge is 2.23. The maximum atomic E-state index is 10.6. The van der Waals surface area contributed by atoms with Crippen LogP contribution < -0.4 is 0 Å². The Kier molecular flexibility index (Phi) is 2.73. The summed E-state index contributed by atoms with van der Waals surface area (Å²) in [6, 6.07) is 8.51. The third-order valence-electron chi connectivity index (χ3n) is 3.00.